The molecule has 0 amide bonds. The van der Waals surface area contributed by atoms with Crippen molar-refractivity contribution in [2.75, 3.05) is 0 Å². The summed E-state index contributed by atoms with van der Waals surface area (Å²) in [6.45, 7) is 14.5. The molecule has 2 aromatic rings. The quantitative estimate of drug-likeness (QED) is 0.235. The average Bonchev–Trinajstić information content (AvgIpc) is 3.13. The average molecular weight is 511 g/mol. The SMILES string of the molecule is CCCCCCCp1c2c(p1CC(C)C)C1(CCC)C(C=C2)CC(c2ccc(C)cc2)C1CCC. The van der Waals surface area contributed by atoms with Gasteiger partial charge in [0.1, 0.15) is 0 Å². The van der Waals surface area contributed by atoms with E-state index < -0.39 is 0 Å². The van der Waals surface area contributed by atoms with Crippen LogP contribution < -0.4 is 0 Å². The Bertz CT molecular complexity index is 956. The van der Waals surface area contributed by atoms with Gasteiger partial charge in [0.25, 0.3) is 0 Å². The van der Waals surface area contributed by atoms with Crippen LogP contribution in [-0.2, 0) is 17.7 Å². The van der Waals surface area contributed by atoms with Crippen LogP contribution in [0.15, 0.2) is 30.3 Å². The first-order valence-electron chi connectivity index (χ1n) is 15.0. The molecule has 1 fully saturated rings. The second-order valence-electron chi connectivity index (χ2n) is 12.2. The fourth-order valence-electron chi connectivity index (χ4n) is 7.69. The lowest BCUT2D eigenvalue weighted by Gasteiger charge is -2.49. The summed E-state index contributed by atoms with van der Waals surface area (Å²) in [5.74, 6) is 3.17. The molecule has 0 bridgehead atoms. The monoisotopic (exact) mass is 510 g/mol. The van der Waals surface area contributed by atoms with E-state index in [-0.39, 0.29) is 14.4 Å². The number of benzene rings is 1. The molecule has 6 unspecified atom stereocenters. The molecule has 0 saturated heterocycles. The molecule has 6 atom stereocenters. The molecule has 1 aromatic carbocycles. The summed E-state index contributed by atoms with van der Waals surface area (Å²) in [5.41, 5.74) is 3.49. The second-order valence-corrected chi connectivity index (χ2v) is 18.4. The molecule has 35 heavy (non-hydrogen) atoms. The van der Waals surface area contributed by atoms with Crippen molar-refractivity contribution in [1.82, 2.24) is 0 Å². The smallest absolute Gasteiger partial charge is 0.00996 e. The van der Waals surface area contributed by atoms with Crippen LogP contribution in [0, 0.1) is 24.7 Å². The number of rotatable bonds is 13. The van der Waals surface area contributed by atoms with Gasteiger partial charge in [-0.25, -0.2) is 0 Å². The summed E-state index contributed by atoms with van der Waals surface area (Å²) in [6, 6.07) is 9.67. The van der Waals surface area contributed by atoms with Crippen molar-refractivity contribution in [2.24, 2.45) is 17.8 Å². The minimum atomic E-state index is 0.0883. The highest BCUT2D eigenvalue weighted by atomic mass is 31.9. The molecule has 194 valence electrons. The van der Waals surface area contributed by atoms with Crippen molar-refractivity contribution in [1.29, 1.82) is 0 Å². The molecule has 2 heteroatoms. The van der Waals surface area contributed by atoms with Gasteiger partial charge < -0.3 is 0 Å². The first-order valence-corrected chi connectivity index (χ1v) is 18.8. The largest absolute Gasteiger partial charge is 0.0989 e. The molecule has 0 N–H and O–H groups in total. The number of hydrogen-bond acceptors (Lipinski definition) is 0. The van der Waals surface area contributed by atoms with Crippen LogP contribution in [0.3, 0.4) is 0 Å². The Morgan fingerprint density at radius 2 is 1.66 bits per heavy atom. The molecule has 0 nitrogen and oxygen atoms in total. The maximum atomic E-state index is 2.74. The third-order valence-electron chi connectivity index (χ3n) is 9.09. The topological polar surface area (TPSA) is 0 Å². The number of aryl methyl sites for hydroxylation is 1. The molecular weight excluding hydrogens is 458 g/mol. The molecule has 4 rings (SSSR count). The summed E-state index contributed by atoms with van der Waals surface area (Å²) in [4.78, 5) is 0. The minimum Gasteiger partial charge on any atom is -0.0989 e. The summed E-state index contributed by atoms with van der Waals surface area (Å²) in [6.07, 6.45) is 22.5. The third kappa shape index (κ3) is 5.32. The van der Waals surface area contributed by atoms with Crippen LogP contribution in [0.1, 0.15) is 126 Å². The predicted octanol–water partition coefficient (Wildman–Crippen LogP) is 11.9. The molecule has 1 heterocycles. The lowest BCUT2D eigenvalue weighted by Crippen LogP contribution is -2.39. The molecular formula is C33H52P2. The van der Waals surface area contributed by atoms with Gasteiger partial charge in [0.2, 0.25) is 0 Å². The molecule has 0 radical (unpaired) electrons. The van der Waals surface area contributed by atoms with Crippen molar-refractivity contribution in [3.05, 3.63) is 52.1 Å². The van der Waals surface area contributed by atoms with Crippen molar-refractivity contribution < 1.29 is 0 Å². The summed E-state index contributed by atoms with van der Waals surface area (Å²) >= 11 is 0. The van der Waals surface area contributed by atoms with Gasteiger partial charge in [0.15, 0.2) is 0 Å². The van der Waals surface area contributed by atoms with Crippen molar-refractivity contribution in [2.45, 2.75) is 129 Å². The van der Waals surface area contributed by atoms with Gasteiger partial charge in [-0.2, -0.15) is 0 Å². The first-order chi connectivity index (χ1) is 17.0. The Morgan fingerprint density at radius 3 is 2.31 bits per heavy atom. The number of hydrogen-bond donors (Lipinski definition) is 0. The normalized spacial score (nSPS) is 26.4. The lowest BCUT2D eigenvalue weighted by atomic mass is 9.63. The van der Waals surface area contributed by atoms with Gasteiger partial charge in [-0.1, -0.05) is 130 Å². The molecule has 1 aromatic heterocycles. The van der Waals surface area contributed by atoms with Crippen LogP contribution in [0.4, 0.5) is 0 Å². The van der Waals surface area contributed by atoms with E-state index >= 15 is 0 Å². The first kappa shape index (κ1) is 27.3. The number of allylic oxidation sites excluding steroid dienone is 1. The highest BCUT2D eigenvalue weighted by Crippen LogP contribution is 2.77. The van der Waals surface area contributed by atoms with Gasteiger partial charge in [-0.3, -0.25) is 0 Å². The van der Waals surface area contributed by atoms with E-state index in [4.69, 9.17) is 0 Å². The Balaban J connectivity index is 1.74. The highest BCUT2D eigenvalue weighted by molar-refractivity contribution is 8.11. The van der Waals surface area contributed by atoms with Crippen LogP contribution in [0.25, 0.3) is 6.08 Å². The Hall–Kier alpha value is -0.700. The zero-order valence-electron chi connectivity index (χ0n) is 23.7. The van der Waals surface area contributed by atoms with E-state index in [0.717, 1.165) is 23.7 Å². The molecule has 0 spiro atoms. The Labute approximate surface area is 219 Å². The van der Waals surface area contributed by atoms with E-state index in [2.05, 4.69) is 83.3 Å². The fourth-order valence-corrected chi connectivity index (χ4v) is 17.9. The van der Waals surface area contributed by atoms with Crippen LogP contribution >= 0.6 is 14.4 Å². The summed E-state index contributed by atoms with van der Waals surface area (Å²) in [7, 11) is 0.207. The van der Waals surface area contributed by atoms with Gasteiger partial charge in [-0.05, 0) is 79.5 Å². The molecule has 1 saturated carbocycles. The fraction of sp³-hybridized carbons (Fsp3) is 0.697. The van der Waals surface area contributed by atoms with Crippen molar-refractivity contribution >= 4 is 20.5 Å². The summed E-state index contributed by atoms with van der Waals surface area (Å²) < 4.78 is 0. The Morgan fingerprint density at radius 1 is 0.914 bits per heavy atom. The van der Waals surface area contributed by atoms with Gasteiger partial charge in [0, 0.05) is 10.7 Å². The predicted molar refractivity (Wildman–Crippen MR) is 161 cm³/mol. The number of fused-ring (bicyclic) bond motifs is 3. The summed E-state index contributed by atoms with van der Waals surface area (Å²) in [5, 5.41) is 3.96. The molecule has 2 aliphatic rings. The zero-order valence-corrected chi connectivity index (χ0v) is 25.4. The van der Waals surface area contributed by atoms with E-state index in [1.54, 1.807) is 5.56 Å². The van der Waals surface area contributed by atoms with Crippen molar-refractivity contribution in [3.63, 3.8) is 0 Å². The minimum absolute atomic E-state index is 0.0883. The van der Waals surface area contributed by atoms with Gasteiger partial charge >= 0.3 is 0 Å². The molecule has 0 aliphatic heterocycles. The number of unbranched alkanes of at least 4 members (excludes halogenated alkanes) is 4. The van der Waals surface area contributed by atoms with Gasteiger partial charge in [0.05, 0.1) is 0 Å². The van der Waals surface area contributed by atoms with E-state index in [1.165, 1.54) is 82.1 Å². The van der Waals surface area contributed by atoms with Crippen LogP contribution in [-0.4, -0.2) is 0 Å². The van der Waals surface area contributed by atoms with E-state index in [9.17, 15) is 0 Å². The maximum Gasteiger partial charge on any atom is 0.00996 e. The van der Waals surface area contributed by atoms with Crippen LogP contribution in [0.2, 0.25) is 0 Å². The van der Waals surface area contributed by atoms with Crippen LogP contribution in [0.5, 0.6) is 0 Å². The van der Waals surface area contributed by atoms with Crippen molar-refractivity contribution in [3.8, 4) is 0 Å². The zero-order chi connectivity index (χ0) is 25.0. The highest BCUT2D eigenvalue weighted by Gasteiger charge is 2.57. The van der Waals surface area contributed by atoms with Gasteiger partial charge in [-0.15, -0.1) is 0 Å². The second kappa shape index (κ2) is 12.2. The van der Waals surface area contributed by atoms with E-state index in [0.29, 0.717) is 5.41 Å². The maximum absolute atomic E-state index is 2.74. The van der Waals surface area contributed by atoms with E-state index in [1.807, 2.05) is 5.30 Å². The molecule has 2 aliphatic carbocycles. The Kier molecular flexibility index (Phi) is 9.55. The lowest BCUT2D eigenvalue weighted by molar-refractivity contribution is 0.229. The third-order valence-corrected chi connectivity index (χ3v) is 17.9. The standard InChI is InChI=1S/C33H52P2/c1-7-10-11-12-13-22-34-31-20-19-28-23-29(27-17-15-26(6)16-18-27)30(14-8-2)33(28,21-9-3)32(31)35(34)24-25(4)5/h15-20,25,28-30H,7-14,21-24H2,1-6H3.